The number of benzene rings is 1. The zero-order valence-electron chi connectivity index (χ0n) is 12.5. The van der Waals surface area contributed by atoms with E-state index in [1.807, 2.05) is 6.07 Å². The molecule has 0 saturated carbocycles. The Morgan fingerprint density at radius 2 is 1.90 bits per heavy atom. The number of nitrogens with zero attached hydrogens (tertiary/aromatic N) is 1. The Morgan fingerprint density at radius 1 is 1.24 bits per heavy atom. The molecule has 0 aliphatic rings. The molecule has 0 amide bonds. The van der Waals surface area contributed by atoms with Crippen LogP contribution >= 0.6 is 0 Å². The highest BCUT2D eigenvalue weighted by atomic mass is 32.2. The van der Waals surface area contributed by atoms with Crippen molar-refractivity contribution in [3.63, 3.8) is 0 Å². The first-order chi connectivity index (χ1) is 9.93. The van der Waals surface area contributed by atoms with Gasteiger partial charge in [0, 0.05) is 13.2 Å². The molecule has 0 saturated heterocycles. The van der Waals surface area contributed by atoms with Crippen LogP contribution in [0.3, 0.4) is 0 Å². The van der Waals surface area contributed by atoms with E-state index in [0.717, 1.165) is 6.42 Å². The van der Waals surface area contributed by atoms with Crippen molar-refractivity contribution >= 4 is 10.0 Å². The summed E-state index contributed by atoms with van der Waals surface area (Å²) >= 11 is 0. The highest BCUT2D eigenvalue weighted by Gasteiger charge is 2.10. The fourth-order valence-electron chi connectivity index (χ4n) is 1.64. The SMILES string of the molecule is CC(C)CCOCCNS(=O)(=O)Cc1ccc(C#N)cc1. The molecule has 6 heteroatoms. The normalized spacial score (nSPS) is 11.5. The van der Waals surface area contributed by atoms with Crippen LogP contribution in [-0.4, -0.2) is 28.2 Å². The Balaban J connectivity index is 2.31. The van der Waals surface area contributed by atoms with Crippen LogP contribution in [0.25, 0.3) is 0 Å². The van der Waals surface area contributed by atoms with Crippen LogP contribution in [-0.2, 0) is 20.5 Å². The van der Waals surface area contributed by atoms with Crippen LogP contribution in [0.15, 0.2) is 24.3 Å². The third kappa shape index (κ3) is 7.81. The lowest BCUT2D eigenvalue weighted by Gasteiger charge is -2.08. The largest absolute Gasteiger partial charge is 0.380 e. The van der Waals surface area contributed by atoms with Gasteiger partial charge in [-0.1, -0.05) is 26.0 Å². The fourth-order valence-corrected chi connectivity index (χ4v) is 2.76. The second kappa shape index (κ2) is 8.78. The molecule has 0 heterocycles. The van der Waals surface area contributed by atoms with Crippen LogP contribution in [0.1, 0.15) is 31.4 Å². The molecule has 0 unspecified atom stereocenters. The first-order valence-electron chi connectivity index (χ1n) is 6.97. The second-order valence-corrected chi connectivity index (χ2v) is 7.06. The third-order valence-electron chi connectivity index (χ3n) is 2.85. The summed E-state index contributed by atoms with van der Waals surface area (Å²) in [5.41, 5.74) is 1.17. The number of ether oxygens (including phenoxy) is 1. The zero-order valence-corrected chi connectivity index (χ0v) is 13.3. The molecule has 1 rings (SSSR count). The molecule has 116 valence electrons. The lowest BCUT2D eigenvalue weighted by atomic mass is 10.1. The lowest BCUT2D eigenvalue weighted by Crippen LogP contribution is -2.28. The zero-order chi connectivity index (χ0) is 15.7. The Labute approximate surface area is 127 Å². The summed E-state index contributed by atoms with van der Waals surface area (Å²) in [6.45, 7) is 5.53. The third-order valence-corrected chi connectivity index (χ3v) is 4.20. The van der Waals surface area contributed by atoms with E-state index < -0.39 is 10.0 Å². The Bertz CT molecular complexity index is 560. The summed E-state index contributed by atoms with van der Waals surface area (Å²) in [4.78, 5) is 0. The molecule has 0 aliphatic heterocycles. The quantitative estimate of drug-likeness (QED) is 0.708. The van der Waals surface area contributed by atoms with Crippen molar-refractivity contribution in [1.82, 2.24) is 4.72 Å². The van der Waals surface area contributed by atoms with Gasteiger partial charge in [-0.3, -0.25) is 0 Å². The Morgan fingerprint density at radius 3 is 2.48 bits per heavy atom. The maximum absolute atomic E-state index is 11.9. The van der Waals surface area contributed by atoms with Gasteiger partial charge in [0.05, 0.1) is 24.0 Å². The van der Waals surface area contributed by atoms with Crippen LogP contribution in [0.5, 0.6) is 0 Å². The van der Waals surface area contributed by atoms with Crippen LogP contribution in [0.4, 0.5) is 0 Å². The van der Waals surface area contributed by atoms with E-state index in [1.54, 1.807) is 24.3 Å². The number of hydrogen-bond acceptors (Lipinski definition) is 4. The van der Waals surface area contributed by atoms with Crippen molar-refractivity contribution < 1.29 is 13.2 Å². The summed E-state index contributed by atoms with van der Waals surface area (Å²) in [6.07, 6.45) is 0.970. The predicted octanol–water partition coefficient (Wildman–Crippen LogP) is 2.04. The molecule has 0 spiro atoms. The second-order valence-electron chi connectivity index (χ2n) is 5.26. The lowest BCUT2D eigenvalue weighted by molar-refractivity contribution is 0.128. The number of rotatable bonds is 9. The molecular weight excluding hydrogens is 288 g/mol. The highest BCUT2D eigenvalue weighted by molar-refractivity contribution is 7.88. The maximum Gasteiger partial charge on any atom is 0.215 e. The van der Waals surface area contributed by atoms with Crippen molar-refractivity contribution in [1.29, 1.82) is 5.26 Å². The van der Waals surface area contributed by atoms with Gasteiger partial charge >= 0.3 is 0 Å². The topological polar surface area (TPSA) is 79.2 Å². The molecule has 0 radical (unpaired) electrons. The molecule has 0 bridgehead atoms. The van der Waals surface area contributed by atoms with E-state index in [-0.39, 0.29) is 12.3 Å². The van der Waals surface area contributed by atoms with Crippen molar-refractivity contribution in [2.45, 2.75) is 26.0 Å². The number of sulfonamides is 1. The molecule has 21 heavy (non-hydrogen) atoms. The summed E-state index contributed by atoms with van der Waals surface area (Å²) in [5, 5.41) is 8.69. The van der Waals surface area contributed by atoms with Crippen LogP contribution < -0.4 is 4.72 Å². The van der Waals surface area contributed by atoms with E-state index in [2.05, 4.69) is 18.6 Å². The van der Waals surface area contributed by atoms with Gasteiger partial charge in [-0.15, -0.1) is 0 Å². The van der Waals surface area contributed by atoms with Gasteiger partial charge in [-0.05, 0) is 30.0 Å². The predicted molar refractivity (Wildman–Crippen MR) is 82.1 cm³/mol. The van der Waals surface area contributed by atoms with Crippen molar-refractivity contribution in [3.8, 4) is 6.07 Å². The standard InChI is InChI=1S/C15H22N2O3S/c1-13(2)7-9-20-10-8-17-21(18,19)12-15-5-3-14(11-16)4-6-15/h3-6,13,17H,7-10,12H2,1-2H3. The maximum atomic E-state index is 11.9. The first-order valence-corrected chi connectivity index (χ1v) is 8.62. The van der Waals surface area contributed by atoms with Crippen molar-refractivity contribution in [3.05, 3.63) is 35.4 Å². The molecular formula is C15H22N2O3S. The summed E-state index contributed by atoms with van der Waals surface area (Å²) < 4.78 is 31.6. The van der Waals surface area contributed by atoms with Gasteiger partial charge in [-0.25, -0.2) is 13.1 Å². The van der Waals surface area contributed by atoms with Gasteiger partial charge in [0.15, 0.2) is 0 Å². The number of hydrogen-bond donors (Lipinski definition) is 1. The molecule has 0 aliphatic carbocycles. The van der Waals surface area contributed by atoms with Gasteiger partial charge in [0.25, 0.3) is 0 Å². The van der Waals surface area contributed by atoms with Crippen LogP contribution in [0.2, 0.25) is 0 Å². The summed E-state index contributed by atoms with van der Waals surface area (Å²) in [6, 6.07) is 8.52. The van der Waals surface area contributed by atoms with Gasteiger partial charge in [0.2, 0.25) is 10.0 Å². The first kappa shape index (κ1) is 17.6. The minimum atomic E-state index is -3.37. The molecule has 1 N–H and O–H groups in total. The van der Waals surface area contributed by atoms with Crippen molar-refractivity contribution in [2.75, 3.05) is 19.8 Å². The average molecular weight is 310 g/mol. The molecule has 5 nitrogen and oxygen atoms in total. The van der Waals surface area contributed by atoms with E-state index in [0.29, 0.717) is 30.3 Å². The Hall–Kier alpha value is -1.42. The fraction of sp³-hybridized carbons (Fsp3) is 0.533. The van der Waals surface area contributed by atoms with Crippen molar-refractivity contribution in [2.24, 2.45) is 5.92 Å². The molecule has 0 atom stereocenters. The molecule has 0 aromatic heterocycles. The van der Waals surface area contributed by atoms with Gasteiger partial charge < -0.3 is 4.74 Å². The van der Waals surface area contributed by atoms with Gasteiger partial charge in [-0.2, -0.15) is 5.26 Å². The van der Waals surface area contributed by atoms with E-state index in [9.17, 15) is 8.42 Å². The molecule has 0 fully saturated rings. The van der Waals surface area contributed by atoms with Gasteiger partial charge in [0.1, 0.15) is 0 Å². The number of nitriles is 1. The monoisotopic (exact) mass is 310 g/mol. The minimum Gasteiger partial charge on any atom is -0.380 e. The minimum absolute atomic E-state index is 0.0926. The number of nitrogens with one attached hydrogen (secondary N) is 1. The molecule has 1 aromatic carbocycles. The Kier molecular flexibility index (Phi) is 7.37. The van der Waals surface area contributed by atoms with E-state index >= 15 is 0 Å². The summed E-state index contributed by atoms with van der Waals surface area (Å²) in [7, 11) is -3.37. The van der Waals surface area contributed by atoms with E-state index in [4.69, 9.17) is 10.00 Å². The van der Waals surface area contributed by atoms with Crippen LogP contribution in [0, 0.1) is 17.2 Å². The average Bonchev–Trinajstić information content (AvgIpc) is 2.43. The smallest absolute Gasteiger partial charge is 0.215 e. The highest BCUT2D eigenvalue weighted by Crippen LogP contribution is 2.07. The molecule has 1 aromatic rings. The van der Waals surface area contributed by atoms with E-state index in [1.165, 1.54) is 0 Å². The summed E-state index contributed by atoms with van der Waals surface area (Å²) in [5.74, 6) is 0.489.